The topological polar surface area (TPSA) is 21.3 Å². The maximum Gasteiger partial charge on any atom is 0.156 e. The summed E-state index contributed by atoms with van der Waals surface area (Å²) in [5.41, 5.74) is 2.47. The molecule has 2 atom stereocenters. The molecular formula is C17H23BrClNO. The first-order valence-corrected chi connectivity index (χ1v) is 8.69. The van der Waals surface area contributed by atoms with E-state index in [0.29, 0.717) is 23.5 Å². The summed E-state index contributed by atoms with van der Waals surface area (Å²) >= 11 is 9.68. The Bertz CT molecular complexity index is 530. The fourth-order valence-corrected chi connectivity index (χ4v) is 4.00. The molecule has 0 heterocycles. The standard InChI is InChI=1S/C17H23BrClNO/c1-4-21-17-15(18)8-14(19)9-16(17)20-10-13-6-11(2)5-12(3)7-13/h5,8-9,11,13,20H,4,6-7,10H2,1-3H3. The largest absolute Gasteiger partial charge is 0.491 e. The molecule has 0 saturated heterocycles. The highest BCUT2D eigenvalue weighted by Gasteiger charge is 2.19. The number of ether oxygens (including phenoxy) is 1. The van der Waals surface area contributed by atoms with E-state index in [1.165, 1.54) is 18.4 Å². The molecule has 0 aromatic heterocycles. The van der Waals surface area contributed by atoms with Gasteiger partial charge in [-0.15, -0.1) is 0 Å². The molecule has 1 aliphatic carbocycles. The highest BCUT2D eigenvalue weighted by atomic mass is 79.9. The average Bonchev–Trinajstić information content (AvgIpc) is 2.38. The fraction of sp³-hybridized carbons (Fsp3) is 0.529. The first-order chi connectivity index (χ1) is 9.99. The van der Waals surface area contributed by atoms with Crippen LogP contribution in [0.4, 0.5) is 5.69 Å². The van der Waals surface area contributed by atoms with Gasteiger partial charge in [0.2, 0.25) is 0 Å². The lowest BCUT2D eigenvalue weighted by molar-refractivity contribution is 0.339. The van der Waals surface area contributed by atoms with E-state index in [0.717, 1.165) is 22.5 Å². The molecular weight excluding hydrogens is 350 g/mol. The molecule has 0 saturated carbocycles. The highest BCUT2D eigenvalue weighted by Crippen LogP contribution is 2.37. The maximum atomic E-state index is 6.16. The van der Waals surface area contributed by atoms with Crippen molar-refractivity contribution in [3.8, 4) is 5.75 Å². The number of nitrogens with one attached hydrogen (secondary N) is 1. The normalized spacial score (nSPS) is 21.9. The lowest BCUT2D eigenvalue weighted by Crippen LogP contribution is -2.20. The van der Waals surface area contributed by atoms with E-state index in [4.69, 9.17) is 16.3 Å². The molecule has 4 heteroatoms. The van der Waals surface area contributed by atoms with Crippen LogP contribution < -0.4 is 10.1 Å². The Kier molecular flexibility index (Phi) is 6.00. The number of rotatable bonds is 5. The average molecular weight is 373 g/mol. The fourth-order valence-electron chi connectivity index (χ4n) is 3.08. The quantitative estimate of drug-likeness (QED) is 0.649. The number of benzene rings is 1. The molecule has 0 radical (unpaired) electrons. The van der Waals surface area contributed by atoms with Crippen molar-refractivity contribution in [2.45, 2.75) is 33.6 Å². The van der Waals surface area contributed by atoms with Gasteiger partial charge in [0.05, 0.1) is 16.8 Å². The van der Waals surface area contributed by atoms with Crippen LogP contribution in [-0.4, -0.2) is 13.2 Å². The SMILES string of the molecule is CCOc1c(Br)cc(Cl)cc1NCC1CC(C)=CC(C)C1. The summed E-state index contributed by atoms with van der Waals surface area (Å²) in [7, 11) is 0. The zero-order valence-corrected chi connectivity index (χ0v) is 15.2. The van der Waals surface area contributed by atoms with Gasteiger partial charge in [0.1, 0.15) is 0 Å². The van der Waals surface area contributed by atoms with Gasteiger partial charge in [-0.1, -0.05) is 30.2 Å². The number of halogens is 2. The summed E-state index contributed by atoms with van der Waals surface area (Å²) in [6.07, 6.45) is 4.79. The molecule has 1 aromatic rings. The Morgan fingerprint density at radius 1 is 1.43 bits per heavy atom. The van der Waals surface area contributed by atoms with Gasteiger partial charge in [-0.05, 0) is 66.6 Å². The Balaban J connectivity index is 2.07. The summed E-state index contributed by atoms with van der Waals surface area (Å²) in [4.78, 5) is 0. The Morgan fingerprint density at radius 2 is 2.19 bits per heavy atom. The second-order valence-corrected chi connectivity index (χ2v) is 7.17. The molecule has 1 aromatic carbocycles. The molecule has 21 heavy (non-hydrogen) atoms. The minimum Gasteiger partial charge on any atom is -0.491 e. The third kappa shape index (κ3) is 4.65. The number of hydrogen-bond acceptors (Lipinski definition) is 2. The van der Waals surface area contributed by atoms with Crippen molar-refractivity contribution in [3.05, 3.63) is 33.3 Å². The molecule has 0 fully saturated rings. The number of anilines is 1. The second kappa shape index (κ2) is 7.55. The highest BCUT2D eigenvalue weighted by molar-refractivity contribution is 9.10. The van der Waals surface area contributed by atoms with E-state index >= 15 is 0 Å². The Labute approximate surface area is 141 Å². The van der Waals surface area contributed by atoms with Crippen molar-refractivity contribution in [1.29, 1.82) is 0 Å². The molecule has 0 bridgehead atoms. The lowest BCUT2D eigenvalue weighted by Gasteiger charge is -2.26. The molecule has 2 nitrogen and oxygen atoms in total. The van der Waals surface area contributed by atoms with Gasteiger partial charge in [-0.25, -0.2) is 0 Å². The molecule has 1 aliphatic rings. The summed E-state index contributed by atoms with van der Waals surface area (Å²) in [5.74, 6) is 2.18. The first-order valence-electron chi connectivity index (χ1n) is 7.52. The number of allylic oxidation sites excluding steroid dienone is 2. The molecule has 1 N–H and O–H groups in total. The van der Waals surface area contributed by atoms with Crippen LogP contribution in [0.3, 0.4) is 0 Å². The zero-order valence-electron chi connectivity index (χ0n) is 12.9. The van der Waals surface area contributed by atoms with Crippen LogP contribution in [0.1, 0.15) is 33.6 Å². The smallest absolute Gasteiger partial charge is 0.156 e. The van der Waals surface area contributed by atoms with E-state index in [-0.39, 0.29) is 0 Å². The summed E-state index contributed by atoms with van der Waals surface area (Å²) in [5, 5.41) is 4.23. The van der Waals surface area contributed by atoms with Gasteiger partial charge in [0, 0.05) is 11.6 Å². The van der Waals surface area contributed by atoms with Crippen LogP contribution in [0, 0.1) is 11.8 Å². The molecule has 0 spiro atoms. The van der Waals surface area contributed by atoms with E-state index in [1.54, 1.807) is 0 Å². The monoisotopic (exact) mass is 371 g/mol. The summed E-state index contributed by atoms with van der Waals surface area (Å²) < 4.78 is 6.62. The Morgan fingerprint density at radius 3 is 2.86 bits per heavy atom. The molecule has 0 aliphatic heterocycles. The molecule has 0 amide bonds. The predicted molar refractivity (Wildman–Crippen MR) is 94.5 cm³/mol. The predicted octanol–water partition coefficient (Wildman–Crippen LogP) is 5.91. The van der Waals surface area contributed by atoms with Crippen molar-refractivity contribution in [2.75, 3.05) is 18.5 Å². The third-order valence-corrected chi connectivity index (χ3v) is 4.57. The molecule has 116 valence electrons. The van der Waals surface area contributed by atoms with E-state index in [9.17, 15) is 0 Å². The van der Waals surface area contributed by atoms with E-state index < -0.39 is 0 Å². The van der Waals surface area contributed by atoms with E-state index in [1.807, 2.05) is 19.1 Å². The van der Waals surface area contributed by atoms with Gasteiger partial charge < -0.3 is 10.1 Å². The van der Waals surface area contributed by atoms with Crippen molar-refractivity contribution in [3.63, 3.8) is 0 Å². The van der Waals surface area contributed by atoms with Gasteiger partial charge in [0.15, 0.2) is 5.75 Å². The summed E-state index contributed by atoms with van der Waals surface area (Å²) in [6, 6.07) is 3.81. The van der Waals surface area contributed by atoms with Crippen molar-refractivity contribution < 1.29 is 4.74 Å². The Hall–Kier alpha value is -0.670. The van der Waals surface area contributed by atoms with Crippen LogP contribution in [0.25, 0.3) is 0 Å². The zero-order chi connectivity index (χ0) is 15.4. The van der Waals surface area contributed by atoms with Crippen molar-refractivity contribution in [2.24, 2.45) is 11.8 Å². The minimum atomic E-state index is 0.636. The molecule has 2 unspecified atom stereocenters. The van der Waals surface area contributed by atoms with Crippen LogP contribution in [0.5, 0.6) is 5.75 Å². The maximum absolute atomic E-state index is 6.16. The van der Waals surface area contributed by atoms with Crippen LogP contribution >= 0.6 is 27.5 Å². The van der Waals surface area contributed by atoms with Gasteiger partial charge in [0.25, 0.3) is 0 Å². The van der Waals surface area contributed by atoms with Crippen molar-refractivity contribution in [1.82, 2.24) is 0 Å². The van der Waals surface area contributed by atoms with Gasteiger partial charge in [-0.3, -0.25) is 0 Å². The van der Waals surface area contributed by atoms with E-state index in [2.05, 4.69) is 41.2 Å². The minimum absolute atomic E-state index is 0.636. The number of hydrogen-bond donors (Lipinski definition) is 1. The molecule has 2 rings (SSSR count). The van der Waals surface area contributed by atoms with Crippen LogP contribution in [-0.2, 0) is 0 Å². The van der Waals surface area contributed by atoms with Crippen molar-refractivity contribution >= 4 is 33.2 Å². The summed E-state index contributed by atoms with van der Waals surface area (Å²) in [6.45, 7) is 8.09. The van der Waals surface area contributed by atoms with Gasteiger partial charge >= 0.3 is 0 Å². The second-order valence-electron chi connectivity index (χ2n) is 5.87. The van der Waals surface area contributed by atoms with Gasteiger partial charge in [-0.2, -0.15) is 0 Å². The van der Waals surface area contributed by atoms with Crippen LogP contribution in [0.15, 0.2) is 28.3 Å². The first kappa shape index (κ1) is 16.7. The van der Waals surface area contributed by atoms with Crippen LogP contribution in [0.2, 0.25) is 5.02 Å². The lowest BCUT2D eigenvalue weighted by atomic mass is 9.84. The third-order valence-electron chi connectivity index (χ3n) is 3.76.